The summed E-state index contributed by atoms with van der Waals surface area (Å²) in [6, 6.07) is 21.2. The molecule has 140 valence electrons. The maximum atomic E-state index is 6.51. The number of fused-ring (bicyclic) bond motifs is 1. The van der Waals surface area contributed by atoms with Crippen molar-refractivity contribution in [2.75, 3.05) is 18.5 Å². The molecule has 4 heteroatoms. The predicted octanol–water partition coefficient (Wildman–Crippen LogP) is 4.91. The van der Waals surface area contributed by atoms with Gasteiger partial charge in [-0.05, 0) is 36.5 Å². The van der Waals surface area contributed by atoms with Crippen LogP contribution in [0.3, 0.4) is 0 Å². The van der Waals surface area contributed by atoms with Gasteiger partial charge in [0.2, 0.25) is 0 Å². The first-order valence-corrected chi connectivity index (χ1v) is 9.88. The Labute approximate surface area is 165 Å². The second-order valence-corrected chi connectivity index (χ2v) is 7.87. The fraction of sp³-hybridized carbons (Fsp3) is 0.250. The van der Waals surface area contributed by atoms with Crippen LogP contribution in [-0.4, -0.2) is 24.8 Å². The molecular weight excluding hydrogens is 344 g/mol. The van der Waals surface area contributed by atoms with E-state index in [9.17, 15) is 0 Å². The Kier molecular flexibility index (Phi) is 4.02. The van der Waals surface area contributed by atoms with Gasteiger partial charge in [0, 0.05) is 29.9 Å². The maximum absolute atomic E-state index is 6.51. The lowest BCUT2D eigenvalue weighted by Crippen LogP contribution is -2.43. The van der Waals surface area contributed by atoms with Crippen molar-refractivity contribution in [1.29, 1.82) is 0 Å². The molecule has 2 N–H and O–H groups in total. The Morgan fingerprint density at radius 3 is 2.39 bits per heavy atom. The van der Waals surface area contributed by atoms with Gasteiger partial charge in [-0.15, -0.1) is 0 Å². The van der Waals surface area contributed by atoms with Crippen molar-refractivity contribution in [3.63, 3.8) is 0 Å². The third-order valence-corrected chi connectivity index (χ3v) is 5.99. The zero-order valence-electron chi connectivity index (χ0n) is 16.1. The standard InChI is InChI=1S/C24H24N4/c1-28-15-14-26-21-16-20(17-6-3-2-4-7-17)22(27-23(21)28)18-8-10-19(11-9-18)24(25)12-5-13-24/h2-4,6-11,14,16H,5,12-13,15,25H2,1H3. The van der Waals surface area contributed by atoms with Gasteiger partial charge in [-0.3, -0.25) is 4.99 Å². The largest absolute Gasteiger partial charge is 0.353 e. The smallest absolute Gasteiger partial charge is 0.155 e. The molecule has 1 saturated carbocycles. The molecule has 4 nitrogen and oxygen atoms in total. The summed E-state index contributed by atoms with van der Waals surface area (Å²) in [6.07, 6.45) is 5.30. The maximum Gasteiger partial charge on any atom is 0.155 e. The number of anilines is 1. The summed E-state index contributed by atoms with van der Waals surface area (Å²) in [4.78, 5) is 11.8. The van der Waals surface area contributed by atoms with Crippen LogP contribution in [0.2, 0.25) is 0 Å². The fourth-order valence-electron chi connectivity index (χ4n) is 4.08. The Hall–Kier alpha value is -2.98. The van der Waals surface area contributed by atoms with E-state index in [1.54, 1.807) is 0 Å². The van der Waals surface area contributed by atoms with Crippen LogP contribution in [-0.2, 0) is 5.54 Å². The van der Waals surface area contributed by atoms with E-state index in [0.29, 0.717) is 0 Å². The molecule has 1 aliphatic carbocycles. The number of rotatable bonds is 3. The van der Waals surface area contributed by atoms with E-state index < -0.39 is 0 Å². The molecule has 0 spiro atoms. The summed E-state index contributed by atoms with van der Waals surface area (Å²) in [6.45, 7) is 0.777. The number of pyridine rings is 1. The second-order valence-electron chi connectivity index (χ2n) is 7.87. The first-order valence-electron chi connectivity index (χ1n) is 9.88. The molecule has 0 saturated heterocycles. The Bertz CT molecular complexity index is 1030. The topological polar surface area (TPSA) is 54.5 Å². The van der Waals surface area contributed by atoms with E-state index in [4.69, 9.17) is 10.7 Å². The van der Waals surface area contributed by atoms with Crippen molar-refractivity contribution in [2.45, 2.75) is 24.8 Å². The molecule has 2 aliphatic rings. The molecule has 0 amide bonds. The van der Waals surface area contributed by atoms with Crippen LogP contribution in [0.25, 0.3) is 22.4 Å². The third-order valence-electron chi connectivity index (χ3n) is 5.99. The molecule has 0 unspecified atom stereocenters. The van der Waals surface area contributed by atoms with E-state index in [-0.39, 0.29) is 5.54 Å². The lowest BCUT2D eigenvalue weighted by atomic mass is 9.72. The van der Waals surface area contributed by atoms with Crippen molar-refractivity contribution in [1.82, 2.24) is 4.98 Å². The quantitative estimate of drug-likeness (QED) is 0.715. The van der Waals surface area contributed by atoms with Gasteiger partial charge >= 0.3 is 0 Å². The average molecular weight is 368 g/mol. The summed E-state index contributed by atoms with van der Waals surface area (Å²) in [7, 11) is 2.06. The van der Waals surface area contributed by atoms with Crippen molar-refractivity contribution in [2.24, 2.45) is 10.7 Å². The lowest BCUT2D eigenvalue weighted by molar-refractivity contribution is 0.253. The molecule has 0 bridgehead atoms. The van der Waals surface area contributed by atoms with Crippen molar-refractivity contribution < 1.29 is 0 Å². The zero-order chi connectivity index (χ0) is 19.1. The van der Waals surface area contributed by atoms with E-state index in [1.165, 1.54) is 12.0 Å². The van der Waals surface area contributed by atoms with Gasteiger partial charge in [0.1, 0.15) is 5.69 Å². The molecule has 1 aliphatic heterocycles. The number of nitrogens with zero attached hydrogens (tertiary/aromatic N) is 3. The highest BCUT2D eigenvalue weighted by Gasteiger charge is 2.34. The fourth-order valence-corrected chi connectivity index (χ4v) is 4.08. The minimum atomic E-state index is -0.140. The number of aromatic nitrogens is 1. The number of nitrogens with two attached hydrogens (primary N) is 1. The molecule has 1 fully saturated rings. The van der Waals surface area contributed by atoms with Crippen molar-refractivity contribution in [3.05, 3.63) is 66.2 Å². The van der Waals surface area contributed by atoms with E-state index in [2.05, 4.69) is 71.5 Å². The molecule has 3 aromatic rings. The van der Waals surface area contributed by atoms with Gasteiger partial charge in [-0.1, -0.05) is 54.6 Å². The lowest BCUT2D eigenvalue weighted by Gasteiger charge is -2.38. The summed E-state index contributed by atoms with van der Waals surface area (Å²) in [5.74, 6) is 0.926. The Morgan fingerprint density at radius 1 is 0.964 bits per heavy atom. The van der Waals surface area contributed by atoms with E-state index >= 15 is 0 Å². The molecular formula is C24H24N4. The molecule has 2 heterocycles. The highest BCUT2D eigenvalue weighted by atomic mass is 15.2. The summed E-state index contributed by atoms with van der Waals surface area (Å²) in [5, 5.41) is 0. The number of benzene rings is 2. The molecule has 28 heavy (non-hydrogen) atoms. The van der Waals surface area contributed by atoms with Gasteiger partial charge in [0.05, 0.1) is 12.2 Å². The normalized spacial score (nSPS) is 17.1. The van der Waals surface area contributed by atoms with Gasteiger partial charge in [-0.25, -0.2) is 4.98 Å². The van der Waals surface area contributed by atoms with Crippen LogP contribution in [0.1, 0.15) is 24.8 Å². The van der Waals surface area contributed by atoms with Crippen LogP contribution < -0.4 is 10.6 Å². The average Bonchev–Trinajstić information content (AvgIpc) is 2.72. The summed E-state index contributed by atoms with van der Waals surface area (Å²) < 4.78 is 0. The van der Waals surface area contributed by atoms with Crippen LogP contribution in [0, 0.1) is 0 Å². The van der Waals surface area contributed by atoms with Crippen LogP contribution in [0.4, 0.5) is 11.5 Å². The molecule has 0 atom stereocenters. The highest BCUT2D eigenvalue weighted by molar-refractivity contribution is 5.89. The molecule has 5 rings (SSSR count). The highest BCUT2D eigenvalue weighted by Crippen LogP contribution is 2.41. The van der Waals surface area contributed by atoms with Crippen LogP contribution in [0.5, 0.6) is 0 Å². The van der Waals surface area contributed by atoms with Crippen molar-refractivity contribution >= 4 is 17.7 Å². The third kappa shape index (κ3) is 2.81. The van der Waals surface area contributed by atoms with Gasteiger partial charge in [0.25, 0.3) is 0 Å². The molecule has 1 aromatic heterocycles. The minimum absolute atomic E-state index is 0.140. The summed E-state index contributed by atoms with van der Waals surface area (Å²) >= 11 is 0. The number of hydrogen-bond donors (Lipinski definition) is 1. The molecule has 2 aromatic carbocycles. The van der Waals surface area contributed by atoms with E-state index in [1.807, 2.05) is 12.3 Å². The van der Waals surface area contributed by atoms with Crippen LogP contribution in [0.15, 0.2) is 65.7 Å². The minimum Gasteiger partial charge on any atom is -0.353 e. The van der Waals surface area contributed by atoms with Gasteiger partial charge in [0.15, 0.2) is 5.82 Å². The number of aliphatic imine (C=N–C) groups is 1. The van der Waals surface area contributed by atoms with Gasteiger partial charge < -0.3 is 10.6 Å². The Balaban J connectivity index is 1.65. The Morgan fingerprint density at radius 2 is 1.71 bits per heavy atom. The number of hydrogen-bond acceptors (Lipinski definition) is 4. The first kappa shape index (κ1) is 17.1. The van der Waals surface area contributed by atoms with E-state index in [0.717, 1.165) is 53.3 Å². The predicted molar refractivity (Wildman–Crippen MR) is 116 cm³/mol. The van der Waals surface area contributed by atoms with Crippen LogP contribution >= 0.6 is 0 Å². The monoisotopic (exact) mass is 368 g/mol. The molecule has 0 radical (unpaired) electrons. The van der Waals surface area contributed by atoms with Crippen molar-refractivity contribution in [3.8, 4) is 22.4 Å². The SMILES string of the molecule is CN1CC=Nc2cc(-c3ccccc3)c(-c3ccc(C4(N)CCC4)cc3)nc21. The second kappa shape index (κ2) is 6.57. The van der Waals surface area contributed by atoms with Gasteiger partial charge in [-0.2, -0.15) is 0 Å². The summed E-state index contributed by atoms with van der Waals surface area (Å²) in [5.41, 5.74) is 12.9. The first-order chi connectivity index (χ1) is 13.6. The zero-order valence-corrected chi connectivity index (χ0v) is 16.1.